The topological polar surface area (TPSA) is 84.3 Å². The van der Waals surface area contributed by atoms with Crippen LogP contribution in [0, 0.1) is 0 Å². The van der Waals surface area contributed by atoms with E-state index in [0.29, 0.717) is 13.0 Å². The number of nitrogens with one attached hydrogen (secondary N) is 1. The maximum Gasteiger partial charge on any atom is 0.345 e. The summed E-state index contributed by atoms with van der Waals surface area (Å²) in [7, 11) is 0. The lowest BCUT2D eigenvalue weighted by atomic mass is 10.0. The number of hydrogen-bond donors (Lipinski definition) is 2. The van der Waals surface area contributed by atoms with Crippen molar-refractivity contribution in [2.45, 2.75) is 45.6 Å². The summed E-state index contributed by atoms with van der Waals surface area (Å²) in [4.78, 5) is 23.8. The lowest BCUT2D eigenvalue weighted by molar-refractivity contribution is 0.0497. The second kappa shape index (κ2) is 6.56. The van der Waals surface area contributed by atoms with Crippen LogP contribution in [0.1, 0.15) is 50.4 Å². The van der Waals surface area contributed by atoms with Gasteiger partial charge in [-0.05, 0) is 26.7 Å². The first-order valence-corrected chi connectivity index (χ1v) is 6.53. The normalized spacial score (nSPS) is 11.6. The predicted octanol–water partition coefficient (Wildman–Crippen LogP) is 1.25. The Bertz CT molecular complexity index is 473. The summed E-state index contributed by atoms with van der Waals surface area (Å²) in [6.45, 7) is 5.91. The summed E-state index contributed by atoms with van der Waals surface area (Å²) < 4.78 is 6.36. The van der Waals surface area contributed by atoms with Gasteiger partial charge in [0.15, 0.2) is 0 Å². The monoisotopic (exact) mass is 270 g/mol. The van der Waals surface area contributed by atoms with Crippen LogP contribution in [0.4, 0.5) is 0 Å². The average molecular weight is 270 g/mol. The third kappa shape index (κ3) is 3.70. The van der Waals surface area contributed by atoms with Gasteiger partial charge in [0.1, 0.15) is 5.56 Å². The van der Waals surface area contributed by atoms with Gasteiger partial charge in [-0.2, -0.15) is 0 Å². The number of hydrogen-bond acceptors (Lipinski definition) is 4. The number of esters is 1. The van der Waals surface area contributed by atoms with Crippen LogP contribution < -0.4 is 5.56 Å². The molecule has 0 radical (unpaired) electrons. The number of nitrogens with zero attached hydrogens (tertiary/aromatic N) is 1. The molecule has 0 bridgehead atoms. The van der Waals surface area contributed by atoms with Gasteiger partial charge in [-0.25, -0.2) is 9.48 Å². The van der Waals surface area contributed by atoms with E-state index in [9.17, 15) is 9.59 Å². The van der Waals surface area contributed by atoms with Crippen molar-refractivity contribution >= 4 is 5.97 Å². The van der Waals surface area contributed by atoms with Gasteiger partial charge < -0.3 is 14.9 Å². The van der Waals surface area contributed by atoms with Crippen LogP contribution in [0.5, 0.6) is 0 Å². The molecule has 0 saturated carbocycles. The zero-order valence-corrected chi connectivity index (χ0v) is 11.7. The fraction of sp³-hybridized carbons (Fsp3) is 0.692. The smallest absolute Gasteiger partial charge is 0.345 e. The van der Waals surface area contributed by atoms with Gasteiger partial charge >= 0.3 is 5.97 Å². The number of rotatable bonds is 7. The van der Waals surface area contributed by atoms with Gasteiger partial charge in [0.05, 0.1) is 12.1 Å². The molecule has 19 heavy (non-hydrogen) atoms. The fourth-order valence-electron chi connectivity index (χ4n) is 1.74. The second-order valence-corrected chi connectivity index (χ2v) is 5.10. The Morgan fingerprint density at radius 2 is 2.21 bits per heavy atom. The molecule has 1 rings (SSSR count). The molecule has 6 heteroatoms. The van der Waals surface area contributed by atoms with E-state index in [1.165, 1.54) is 10.9 Å². The molecule has 1 heterocycles. The molecular formula is C13H22N2O4. The largest absolute Gasteiger partial charge is 0.462 e. The average Bonchev–Trinajstić information content (AvgIpc) is 2.72. The number of aromatic nitrogens is 2. The minimum atomic E-state index is -0.603. The van der Waals surface area contributed by atoms with Gasteiger partial charge in [-0.15, -0.1) is 0 Å². The number of carbonyl (C=O) groups is 1. The summed E-state index contributed by atoms with van der Waals surface area (Å²) >= 11 is 0. The van der Waals surface area contributed by atoms with Crippen LogP contribution in [0.15, 0.2) is 11.0 Å². The molecule has 0 fully saturated rings. The van der Waals surface area contributed by atoms with E-state index >= 15 is 0 Å². The first-order chi connectivity index (χ1) is 8.94. The number of carbonyl (C=O) groups excluding carboxylic acids is 1. The van der Waals surface area contributed by atoms with Crippen molar-refractivity contribution in [1.29, 1.82) is 0 Å². The third-order valence-corrected chi connectivity index (χ3v) is 3.05. The van der Waals surface area contributed by atoms with Crippen molar-refractivity contribution in [3.05, 3.63) is 22.1 Å². The zero-order valence-electron chi connectivity index (χ0n) is 11.7. The van der Waals surface area contributed by atoms with Gasteiger partial charge in [0.2, 0.25) is 0 Å². The quantitative estimate of drug-likeness (QED) is 0.577. The molecule has 0 aliphatic carbocycles. The molecule has 0 spiro atoms. The lowest BCUT2D eigenvalue weighted by Crippen LogP contribution is -2.37. The molecule has 0 saturated heterocycles. The predicted molar refractivity (Wildman–Crippen MR) is 71.3 cm³/mol. The fourth-order valence-corrected chi connectivity index (χ4v) is 1.74. The lowest BCUT2D eigenvalue weighted by Gasteiger charge is -2.24. The highest BCUT2D eigenvalue weighted by atomic mass is 16.5. The number of aliphatic hydroxyl groups is 1. The highest BCUT2D eigenvalue weighted by Crippen LogP contribution is 2.16. The summed E-state index contributed by atoms with van der Waals surface area (Å²) in [5.41, 5.74) is -0.990. The van der Waals surface area contributed by atoms with Crippen LogP contribution in [0.25, 0.3) is 0 Å². The molecule has 1 aromatic heterocycles. The molecule has 2 N–H and O–H groups in total. The molecule has 108 valence electrons. The van der Waals surface area contributed by atoms with E-state index < -0.39 is 17.1 Å². The number of H-pyrrole nitrogens is 1. The van der Waals surface area contributed by atoms with Crippen molar-refractivity contribution in [2.75, 3.05) is 13.2 Å². The molecule has 0 unspecified atom stereocenters. The van der Waals surface area contributed by atoms with Crippen LogP contribution in [-0.4, -0.2) is 34.1 Å². The van der Waals surface area contributed by atoms with E-state index in [2.05, 4.69) is 5.10 Å². The highest BCUT2D eigenvalue weighted by molar-refractivity contribution is 5.88. The Labute approximate surface area is 112 Å². The van der Waals surface area contributed by atoms with E-state index in [0.717, 1.165) is 12.8 Å². The molecule has 0 aliphatic heterocycles. The molecule has 0 aromatic carbocycles. The SMILES string of the molecule is CCCCOC(=O)c1c[nH]n(C(C)(C)CCO)c1=O. The Morgan fingerprint density at radius 3 is 2.79 bits per heavy atom. The van der Waals surface area contributed by atoms with Crippen LogP contribution in [0.2, 0.25) is 0 Å². The summed E-state index contributed by atoms with van der Waals surface area (Å²) in [6, 6.07) is 0. The molecule has 0 atom stereocenters. The number of ether oxygens (including phenoxy) is 1. The van der Waals surface area contributed by atoms with Crippen LogP contribution >= 0.6 is 0 Å². The molecular weight excluding hydrogens is 248 g/mol. The van der Waals surface area contributed by atoms with Gasteiger partial charge in [-0.3, -0.25) is 4.79 Å². The van der Waals surface area contributed by atoms with Gasteiger partial charge in [0.25, 0.3) is 5.56 Å². The van der Waals surface area contributed by atoms with Crippen molar-refractivity contribution in [3.63, 3.8) is 0 Å². The zero-order chi connectivity index (χ0) is 14.5. The van der Waals surface area contributed by atoms with Crippen molar-refractivity contribution in [1.82, 2.24) is 9.78 Å². The third-order valence-electron chi connectivity index (χ3n) is 3.05. The highest BCUT2D eigenvalue weighted by Gasteiger charge is 2.25. The number of unbranched alkanes of at least 4 members (excludes halogenated alkanes) is 1. The summed E-state index contributed by atoms with van der Waals surface area (Å²) in [6.07, 6.45) is 3.47. The van der Waals surface area contributed by atoms with Gasteiger partial charge in [0, 0.05) is 12.8 Å². The number of aromatic amines is 1. The molecule has 0 amide bonds. The van der Waals surface area contributed by atoms with Gasteiger partial charge in [-0.1, -0.05) is 13.3 Å². The molecule has 1 aromatic rings. The summed E-state index contributed by atoms with van der Waals surface area (Å²) in [5.74, 6) is -0.603. The van der Waals surface area contributed by atoms with Crippen LogP contribution in [0.3, 0.4) is 0 Å². The Morgan fingerprint density at radius 1 is 1.53 bits per heavy atom. The van der Waals surface area contributed by atoms with Crippen LogP contribution in [-0.2, 0) is 10.3 Å². The summed E-state index contributed by atoms with van der Waals surface area (Å²) in [5, 5.41) is 11.8. The minimum Gasteiger partial charge on any atom is -0.462 e. The standard InChI is InChI=1S/C13H22N2O4/c1-4-5-8-19-12(18)10-9-14-15(11(10)17)13(2,3)6-7-16/h9,14,16H,4-8H2,1-3H3. The Balaban J connectivity index is 2.87. The van der Waals surface area contributed by atoms with Crippen molar-refractivity contribution in [2.24, 2.45) is 0 Å². The maximum atomic E-state index is 12.1. The minimum absolute atomic E-state index is 0.00196. The Kier molecular flexibility index (Phi) is 5.35. The van der Waals surface area contributed by atoms with Crippen molar-refractivity contribution in [3.8, 4) is 0 Å². The maximum absolute atomic E-state index is 12.1. The first-order valence-electron chi connectivity index (χ1n) is 6.53. The van der Waals surface area contributed by atoms with E-state index in [1.807, 2.05) is 20.8 Å². The first kappa shape index (κ1) is 15.5. The second-order valence-electron chi connectivity index (χ2n) is 5.10. The van der Waals surface area contributed by atoms with E-state index in [-0.39, 0.29) is 12.2 Å². The van der Waals surface area contributed by atoms with Crippen molar-refractivity contribution < 1.29 is 14.6 Å². The van der Waals surface area contributed by atoms with E-state index in [1.54, 1.807) is 0 Å². The number of aliphatic hydroxyl groups excluding tert-OH is 1. The van der Waals surface area contributed by atoms with E-state index in [4.69, 9.17) is 9.84 Å². The Hall–Kier alpha value is -1.56. The molecule has 0 aliphatic rings. The molecule has 6 nitrogen and oxygen atoms in total.